The zero-order valence-electron chi connectivity index (χ0n) is 18.2. The van der Waals surface area contributed by atoms with Crippen molar-refractivity contribution in [3.63, 3.8) is 0 Å². The number of benzene rings is 2. The van der Waals surface area contributed by atoms with Gasteiger partial charge in [-0.3, -0.25) is 4.79 Å². The van der Waals surface area contributed by atoms with Crippen molar-refractivity contribution in [1.82, 2.24) is 9.88 Å². The first-order chi connectivity index (χ1) is 14.3. The molecule has 3 rings (SSSR count). The Morgan fingerprint density at radius 3 is 2.43 bits per heavy atom. The molecule has 1 amide bonds. The van der Waals surface area contributed by atoms with Crippen molar-refractivity contribution < 1.29 is 4.79 Å². The highest BCUT2D eigenvalue weighted by Crippen LogP contribution is 2.26. The average molecular weight is 398 g/mol. The van der Waals surface area contributed by atoms with Crippen LogP contribution in [0.3, 0.4) is 0 Å². The summed E-state index contributed by atoms with van der Waals surface area (Å²) in [7, 11) is 0. The van der Waals surface area contributed by atoms with Gasteiger partial charge in [0.15, 0.2) is 0 Å². The first kappa shape index (κ1) is 21.1. The van der Waals surface area contributed by atoms with E-state index in [9.17, 15) is 10.1 Å². The van der Waals surface area contributed by atoms with Crippen LogP contribution in [-0.4, -0.2) is 10.5 Å². The molecule has 0 aliphatic rings. The normalized spacial score (nSPS) is 12.3. The average Bonchev–Trinajstić information content (AvgIpc) is 3.01. The number of aromatic nitrogens is 1. The first-order valence-corrected chi connectivity index (χ1v) is 10.1. The number of hydrogen-bond acceptors (Lipinski definition) is 2. The summed E-state index contributed by atoms with van der Waals surface area (Å²) in [4.78, 5) is 12.7. The van der Waals surface area contributed by atoms with E-state index in [1.807, 2.05) is 63.2 Å². The van der Waals surface area contributed by atoms with Crippen molar-refractivity contribution in [2.45, 2.75) is 40.7 Å². The molecule has 0 aliphatic heterocycles. The molecule has 4 heteroatoms. The number of hydrogen-bond donors (Lipinski definition) is 1. The van der Waals surface area contributed by atoms with Crippen molar-refractivity contribution in [2.75, 3.05) is 0 Å². The maximum atomic E-state index is 12.7. The van der Waals surface area contributed by atoms with E-state index in [2.05, 4.69) is 41.9 Å². The van der Waals surface area contributed by atoms with Crippen molar-refractivity contribution in [3.8, 4) is 11.8 Å². The predicted molar refractivity (Wildman–Crippen MR) is 121 cm³/mol. The molecule has 0 aliphatic carbocycles. The van der Waals surface area contributed by atoms with Crippen LogP contribution in [0.5, 0.6) is 0 Å². The summed E-state index contributed by atoms with van der Waals surface area (Å²) in [6, 6.07) is 19.8. The molecule has 30 heavy (non-hydrogen) atoms. The van der Waals surface area contributed by atoms with Gasteiger partial charge in [-0.1, -0.05) is 42.5 Å². The largest absolute Gasteiger partial charge is 0.345 e. The van der Waals surface area contributed by atoms with Gasteiger partial charge >= 0.3 is 0 Å². The quantitative estimate of drug-likeness (QED) is 0.457. The van der Waals surface area contributed by atoms with Crippen LogP contribution in [0.25, 0.3) is 11.8 Å². The van der Waals surface area contributed by atoms with Crippen molar-refractivity contribution >= 4 is 12.0 Å². The highest BCUT2D eigenvalue weighted by atomic mass is 16.1. The van der Waals surface area contributed by atoms with Crippen molar-refractivity contribution in [3.05, 3.63) is 93.8 Å². The second kappa shape index (κ2) is 8.84. The predicted octanol–water partition coefficient (Wildman–Crippen LogP) is 5.50. The fourth-order valence-electron chi connectivity index (χ4n) is 3.69. The van der Waals surface area contributed by atoms with E-state index in [-0.39, 0.29) is 17.5 Å². The monoisotopic (exact) mass is 397 g/mol. The summed E-state index contributed by atoms with van der Waals surface area (Å²) >= 11 is 0. The minimum Gasteiger partial charge on any atom is -0.345 e. The maximum Gasteiger partial charge on any atom is 0.262 e. The number of aryl methyl sites for hydroxylation is 2. The van der Waals surface area contributed by atoms with E-state index in [0.717, 1.165) is 28.2 Å². The maximum absolute atomic E-state index is 12.7. The molecular formula is C26H27N3O. The molecule has 1 atom stereocenters. The Morgan fingerprint density at radius 1 is 1.07 bits per heavy atom. The third-order valence-corrected chi connectivity index (χ3v) is 5.60. The summed E-state index contributed by atoms with van der Waals surface area (Å²) in [5.74, 6) is -0.370. The van der Waals surface area contributed by atoms with Crippen LogP contribution < -0.4 is 5.32 Å². The Bertz CT molecular complexity index is 1150. The third kappa shape index (κ3) is 4.21. The number of carbonyl (C=O) groups is 1. The lowest BCUT2D eigenvalue weighted by Gasteiger charge is -2.15. The molecule has 1 aromatic heterocycles. The zero-order valence-corrected chi connectivity index (χ0v) is 18.2. The highest BCUT2D eigenvalue weighted by Gasteiger charge is 2.17. The molecule has 2 aromatic carbocycles. The van der Waals surface area contributed by atoms with Crippen LogP contribution in [0.4, 0.5) is 0 Å². The molecule has 4 nitrogen and oxygen atoms in total. The Kier molecular flexibility index (Phi) is 6.23. The molecule has 0 saturated carbocycles. The minimum absolute atomic E-state index is 0.0963. The fourth-order valence-corrected chi connectivity index (χ4v) is 3.69. The van der Waals surface area contributed by atoms with Crippen LogP contribution in [0.15, 0.2) is 60.2 Å². The van der Waals surface area contributed by atoms with Crippen molar-refractivity contribution in [2.24, 2.45) is 0 Å². The molecule has 0 bridgehead atoms. The molecule has 0 unspecified atom stereocenters. The summed E-state index contributed by atoms with van der Waals surface area (Å²) in [5.41, 5.74) is 7.57. The zero-order chi connectivity index (χ0) is 21.8. The lowest BCUT2D eigenvalue weighted by atomic mass is 10.1. The van der Waals surface area contributed by atoms with Crippen LogP contribution in [-0.2, 0) is 4.79 Å². The molecule has 1 heterocycles. The summed E-state index contributed by atoms with van der Waals surface area (Å²) in [6.07, 6.45) is 1.68. The fraction of sp³-hybridized carbons (Fsp3) is 0.231. The minimum atomic E-state index is -0.370. The van der Waals surface area contributed by atoms with Crippen LogP contribution in [0.2, 0.25) is 0 Å². The Morgan fingerprint density at radius 2 is 1.77 bits per heavy atom. The topological polar surface area (TPSA) is 57.8 Å². The standard InChI is InChI=1S/C26H27N3O/c1-17-10-9-13-25(19(17)3)29-18(2)14-23(21(29)5)15-24(16-27)26(30)28-20(4)22-11-7-6-8-12-22/h6-15,20H,1-5H3,(H,28,30)/b24-15+/t20-/m1/s1. The van der Waals surface area contributed by atoms with E-state index < -0.39 is 0 Å². The molecule has 3 aromatic rings. The summed E-state index contributed by atoms with van der Waals surface area (Å²) in [5, 5.41) is 12.5. The second-order valence-corrected chi connectivity index (χ2v) is 7.66. The molecule has 0 spiro atoms. The Balaban J connectivity index is 1.92. The van der Waals surface area contributed by atoms with Crippen LogP contribution in [0.1, 0.15) is 46.6 Å². The third-order valence-electron chi connectivity index (χ3n) is 5.60. The molecular weight excluding hydrogens is 370 g/mol. The number of nitrogens with one attached hydrogen (secondary N) is 1. The summed E-state index contributed by atoms with van der Waals surface area (Å²) < 4.78 is 2.17. The molecule has 0 saturated heterocycles. The van der Waals surface area contributed by atoms with Gasteiger partial charge in [-0.15, -0.1) is 0 Å². The van der Waals surface area contributed by atoms with Crippen molar-refractivity contribution in [1.29, 1.82) is 5.26 Å². The number of nitriles is 1. The van der Waals surface area contributed by atoms with Gasteiger partial charge in [0.1, 0.15) is 11.6 Å². The number of amides is 1. The molecule has 152 valence electrons. The number of nitrogens with zero attached hydrogens (tertiary/aromatic N) is 2. The number of rotatable bonds is 5. The van der Waals surface area contributed by atoms with E-state index in [1.165, 1.54) is 11.1 Å². The lowest BCUT2D eigenvalue weighted by Crippen LogP contribution is -2.27. The Hall–Kier alpha value is -3.58. The van der Waals surface area contributed by atoms with Gasteiger partial charge in [0.05, 0.1) is 6.04 Å². The van der Waals surface area contributed by atoms with Gasteiger partial charge in [-0.2, -0.15) is 5.26 Å². The highest BCUT2D eigenvalue weighted by molar-refractivity contribution is 6.02. The smallest absolute Gasteiger partial charge is 0.262 e. The van der Waals surface area contributed by atoms with Crippen LogP contribution in [0, 0.1) is 39.0 Å². The van der Waals surface area contributed by atoms with Gasteiger partial charge in [-0.25, -0.2) is 0 Å². The summed E-state index contributed by atoms with van der Waals surface area (Å²) in [6.45, 7) is 10.2. The van der Waals surface area contributed by atoms with Gasteiger partial charge in [0.25, 0.3) is 5.91 Å². The number of carbonyl (C=O) groups excluding carboxylic acids is 1. The van der Waals surface area contributed by atoms with E-state index in [4.69, 9.17) is 0 Å². The van der Waals surface area contributed by atoms with E-state index in [0.29, 0.717) is 0 Å². The second-order valence-electron chi connectivity index (χ2n) is 7.66. The van der Waals surface area contributed by atoms with Crippen LogP contribution >= 0.6 is 0 Å². The van der Waals surface area contributed by atoms with Gasteiger partial charge in [-0.05, 0) is 75.1 Å². The molecule has 0 fully saturated rings. The SMILES string of the molecule is Cc1cccc(-n2c(C)cc(/C=C(\C#N)C(=O)N[C@H](C)c3ccccc3)c2C)c1C. The van der Waals surface area contributed by atoms with Gasteiger partial charge in [0.2, 0.25) is 0 Å². The van der Waals surface area contributed by atoms with Gasteiger partial charge in [0, 0.05) is 17.1 Å². The molecule has 0 radical (unpaired) electrons. The molecule has 1 N–H and O–H groups in total. The van der Waals surface area contributed by atoms with Gasteiger partial charge < -0.3 is 9.88 Å². The first-order valence-electron chi connectivity index (χ1n) is 10.1. The van der Waals surface area contributed by atoms with E-state index in [1.54, 1.807) is 6.08 Å². The van der Waals surface area contributed by atoms with E-state index >= 15 is 0 Å². The Labute approximate surface area is 178 Å². The lowest BCUT2D eigenvalue weighted by molar-refractivity contribution is -0.117.